The molecule has 1 atom stereocenters. The summed E-state index contributed by atoms with van der Waals surface area (Å²) >= 11 is 0. The number of Topliss-reactive ketones (excluding diaryl/α,β-unsaturated/α-hetero) is 1. The summed E-state index contributed by atoms with van der Waals surface area (Å²) in [7, 11) is 2.06. The van der Waals surface area contributed by atoms with Crippen LogP contribution in [0.3, 0.4) is 0 Å². The van der Waals surface area contributed by atoms with E-state index in [1.807, 2.05) is 13.8 Å². The van der Waals surface area contributed by atoms with Crippen molar-refractivity contribution in [2.75, 3.05) is 13.6 Å². The number of rotatable bonds is 2. The van der Waals surface area contributed by atoms with E-state index < -0.39 is 0 Å². The molecule has 0 radical (unpaired) electrons. The van der Waals surface area contributed by atoms with Gasteiger partial charge in [0.15, 0.2) is 5.78 Å². The highest BCUT2D eigenvalue weighted by molar-refractivity contribution is 5.85. The zero-order chi connectivity index (χ0) is 9.14. The summed E-state index contributed by atoms with van der Waals surface area (Å²) in [4.78, 5) is 13.9. The Morgan fingerprint density at radius 2 is 2.08 bits per heavy atom. The van der Waals surface area contributed by atoms with E-state index in [1.54, 1.807) is 0 Å². The number of carbonyl (C=O) groups excluding carboxylic acids is 1. The number of ketones is 1. The monoisotopic (exact) mass is 169 g/mol. The van der Waals surface area contributed by atoms with E-state index >= 15 is 0 Å². The van der Waals surface area contributed by atoms with Crippen LogP contribution in [0.25, 0.3) is 0 Å². The van der Waals surface area contributed by atoms with Crippen molar-refractivity contribution in [3.63, 3.8) is 0 Å². The predicted molar refractivity (Wildman–Crippen MR) is 50.1 cm³/mol. The quantitative estimate of drug-likeness (QED) is 0.627. The van der Waals surface area contributed by atoms with Gasteiger partial charge in [0.2, 0.25) is 0 Å². The molecule has 1 heterocycles. The Labute approximate surface area is 74.9 Å². The fourth-order valence-corrected chi connectivity index (χ4v) is 1.82. The Morgan fingerprint density at radius 3 is 2.58 bits per heavy atom. The van der Waals surface area contributed by atoms with Crippen molar-refractivity contribution in [2.45, 2.75) is 39.2 Å². The molecule has 1 aliphatic heterocycles. The van der Waals surface area contributed by atoms with Crippen molar-refractivity contribution in [1.82, 2.24) is 4.90 Å². The first-order chi connectivity index (χ1) is 5.63. The van der Waals surface area contributed by atoms with Gasteiger partial charge in [-0.3, -0.25) is 9.69 Å². The maximum Gasteiger partial charge on any atom is 0.152 e. The second kappa shape index (κ2) is 4.04. The van der Waals surface area contributed by atoms with Crippen LogP contribution in [-0.2, 0) is 4.79 Å². The molecule has 70 valence electrons. The molecule has 0 aromatic carbocycles. The lowest BCUT2D eigenvalue weighted by atomic mass is 9.93. The normalized spacial score (nSPS) is 26.2. The molecule has 1 rings (SSSR count). The van der Waals surface area contributed by atoms with Gasteiger partial charge < -0.3 is 0 Å². The molecule has 0 aliphatic carbocycles. The highest BCUT2D eigenvalue weighted by Crippen LogP contribution is 2.18. The lowest BCUT2D eigenvalue weighted by Gasteiger charge is -2.32. The molecule has 0 amide bonds. The van der Waals surface area contributed by atoms with Crippen molar-refractivity contribution >= 4 is 5.78 Å². The van der Waals surface area contributed by atoms with Crippen LogP contribution < -0.4 is 0 Å². The maximum atomic E-state index is 11.7. The molecule has 2 heteroatoms. The second-order valence-corrected chi connectivity index (χ2v) is 4.05. The van der Waals surface area contributed by atoms with E-state index in [0.717, 1.165) is 13.0 Å². The first-order valence-corrected chi connectivity index (χ1v) is 4.87. The minimum absolute atomic E-state index is 0.190. The molecular formula is C10H19NO. The van der Waals surface area contributed by atoms with Crippen LogP contribution in [0.15, 0.2) is 0 Å². The third kappa shape index (κ3) is 2.07. The van der Waals surface area contributed by atoms with Crippen LogP contribution in [-0.4, -0.2) is 30.3 Å². The Morgan fingerprint density at radius 1 is 1.42 bits per heavy atom. The van der Waals surface area contributed by atoms with Crippen molar-refractivity contribution in [3.05, 3.63) is 0 Å². The van der Waals surface area contributed by atoms with Crippen molar-refractivity contribution in [3.8, 4) is 0 Å². The van der Waals surface area contributed by atoms with Gasteiger partial charge in [-0.15, -0.1) is 0 Å². The number of hydrogen-bond donors (Lipinski definition) is 0. The van der Waals surface area contributed by atoms with Crippen LogP contribution in [0.1, 0.15) is 33.1 Å². The highest BCUT2D eigenvalue weighted by Gasteiger charge is 2.26. The Hall–Kier alpha value is -0.370. The van der Waals surface area contributed by atoms with Crippen LogP contribution in [0.4, 0.5) is 0 Å². The van der Waals surface area contributed by atoms with E-state index in [9.17, 15) is 4.79 Å². The molecular weight excluding hydrogens is 150 g/mol. The number of hydrogen-bond acceptors (Lipinski definition) is 2. The summed E-state index contributed by atoms with van der Waals surface area (Å²) in [5.41, 5.74) is 0. The third-order valence-corrected chi connectivity index (χ3v) is 2.67. The van der Waals surface area contributed by atoms with Crippen molar-refractivity contribution in [2.24, 2.45) is 5.92 Å². The number of piperidine rings is 1. The summed E-state index contributed by atoms with van der Waals surface area (Å²) in [6, 6.07) is 0.207. The van der Waals surface area contributed by atoms with E-state index in [4.69, 9.17) is 0 Å². The molecule has 1 aliphatic rings. The van der Waals surface area contributed by atoms with Crippen LogP contribution in [0, 0.1) is 5.92 Å². The summed E-state index contributed by atoms with van der Waals surface area (Å²) in [5, 5.41) is 0. The van der Waals surface area contributed by atoms with Gasteiger partial charge in [0.25, 0.3) is 0 Å². The molecule has 0 bridgehead atoms. The van der Waals surface area contributed by atoms with Gasteiger partial charge in [-0.25, -0.2) is 0 Å². The minimum atomic E-state index is 0.190. The number of likely N-dealkylation sites (tertiary alicyclic amines) is 1. The SMILES string of the molecule is CC(C)C(=O)[C@@H]1CCCCN1C. The van der Waals surface area contributed by atoms with Gasteiger partial charge >= 0.3 is 0 Å². The second-order valence-electron chi connectivity index (χ2n) is 4.05. The summed E-state index contributed by atoms with van der Waals surface area (Å²) in [5.74, 6) is 0.604. The largest absolute Gasteiger partial charge is 0.298 e. The van der Waals surface area contributed by atoms with E-state index in [0.29, 0.717) is 5.78 Å². The number of likely N-dealkylation sites (N-methyl/N-ethyl adjacent to an activating group) is 1. The molecule has 0 aromatic rings. The Bertz CT molecular complexity index is 165. The molecule has 0 aromatic heterocycles. The van der Waals surface area contributed by atoms with E-state index in [1.165, 1.54) is 12.8 Å². The van der Waals surface area contributed by atoms with Gasteiger partial charge in [-0.05, 0) is 26.4 Å². The van der Waals surface area contributed by atoms with Gasteiger partial charge in [-0.1, -0.05) is 20.3 Å². The standard InChI is InChI=1S/C10H19NO/c1-8(2)10(12)9-6-4-5-7-11(9)3/h8-9H,4-7H2,1-3H3/t9-/m0/s1. The third-order valence-electron chi connectivity index (χ3n) is 2.67. The lowest BCUT2D eigenvalue weighted by molar-refractivity contribution is -0.127. The highest BCUT2D eigenvalue weighted by atomic mass is 16.1. The smallest absolute Gasteiger partial charge is 0.152 e. The first-order valence-electron chi connectivity index (χ1n) is 4.87. The molecule has 0 spiro atoms. The number of nitrogens with zero attached hydrogens (tertiary/aromatic N) is 1. The fourth-order valence-electron chi connectivity index (χ4n) is 1.82. The minimum Gasteiger partial charge on any atom is -0.298 e. The van der Waals surface area contributed by atoms with Crippen LogP contribution in [0.5, 0.6) is 0 Å². The molecule has 2 nitrogen and oxygen atoms in total. The molecule has 1 saturated heterocycles. The van der Waals surface area contributed by atoms with E-state index in [2.05, 4.69) is 11.9 Å². The first kappa shape index (κ1) is 9.72. The molecule has 0 N–H and O–H groups in total. The zero-order valence-corrected chi connectivity index (χ0v) is 8.34. The van der Waals surface area contributed by atoms with E-state index in [-0.39, 0.29) is 12.0 Å². The number of carbonyl (C=O) groups is 1. The van der Waals surface area contributed by atoms with Gasteiger partial charge in [-0.2, -0.15) is 0 Å². The van der Waals surface area contributed by atoms with Gasteiger partial charge in [0.1, 0.15) is 0 Å². The Balaban J connectivity index is 2.53. The predicted octanol–water partition coefficient (Wildman–Crippen LogP) is 1.70. The summed E-state index contributed by atoms with van der Waals surface area (Å²) in [6.07, 6.45) is 3.53. The van der Waals surface area contributed by atoms with Gasteiger partial charge in [0.05, 0.1) is 6.04 Å². The van der Waals surface area contributed by atoms with Crippen molar-refractivity contribution < 1.29 is 4.79 Å². The zero-order valence-electron chi connectivity index (χ0n) is 8.34. The summed E-state index contributed by atoms with van der Waals surface area (Å²) in [6.45, 7) is 5.07. The molecule has 12 heavy (non-hydrogen) atoms. The topological polar surface area (TPSA) is 20.3 Å². The average Bonchev–Trinajstić information content (AvgIpc) is 2.04. The molecule has 1 fully saturated rings. The lowest BCUT2D eigenvalue weighted by Crippen LogP contribution is -2.43. The molecule has 0 unspecified atom stereocenters. The van der Waals surface area contributed by atoms with Crippen molar-refractivity contribution in [1.29, 1.82) is 0 Å². The Kier molecular flexibility index (Phi) is 3.27. The van der Waals surface area contributed by atoms with Crippen LogP contribution in [0.2, 0.25) is 0 Å². The van der Waals surface area contributed by atoms with Crippen LogP contribution >= 0.6 is 0 Å². The molecule has 0 saturated carbocycles. The van der Waals surface area contributed by atoms with Gasteiger partial charge in [0, 0.05) is 5.92 Å². The average molecular weight is 169 g/mol. The summed E-state index contributed by atoms with van der Waals surface area (Å²) < 4.78 is 0. The maximum absolute atomic E-state index is 11.7. The fraction of sp³-hybridized carbons (Fsp3) is 0.900.